The third kappa shape index (κ3) is 4.09. The van der Waals surface area contributed by atoms with E-state index < -0.39 is 0 Å². The topological polar surface area (TPSA) is 67.3 Å². The minimum absolute atomic E-state index is 0.00540. The monoisotopic (exact) mass is 456 g/mol. The lowest BCUT2D eigenvalue weighted by atomic mass is 9.99. The molecule has 3 heterocycles. The van der Waals surface area contributed by atoms with Crippen molar-refractivity contribution >= 4 is 29.2 Å². The third-order valence-corrected chi connectivity index (χ3v) is 6.43. The lowest BCUT2D eigenvalue weighted by Gasteiger charge is -2.42. The van der Waals surface area contributed by atoms with Gasteiger partial charge in [-0.05, 0) is 35.4 Å². The molecule has 0 spiro atoms. The average molecular weight is 457 g/mol. The summed E-state index contributed by atoms with van der Waals surface area (Å²) < 4.78 is 0. The number of amides is 1. The van der Waals surface area contributed by atoms with Gasteiger partial charge in [0.05, 0.1) is 31.3 Å². The number of benzene rings is 2. The van der Waals surface area contributed by atoms with Crippen LogP contribution >= 0.6 is 11.6 Å². The summed E-state index contributed by atoms with van der Waals surface area (Å²) in [6.07, 6.45) is 0.766. The van der Waals surface area contributed by atoms with E-state index in [0.29, 0.717) is 42.5 Å². The summed E-state index contributed by atoms with van der Waals surface area (Å²) in [5, 5.41) is 9.95. The summed E-state index contributed by atoms with van der Waals surface area (Å²) in [5.41, 5.74) is 4.73. The van der Waals surface area contributed by atoms with E-state index in [-0.39, 0.29) is 5.91 Å². The van der Waals surface area contributed by atoms with E-state index in [1.807, 2.05) is 36.4 Å². The molecule has 7 nitrogen and oxygen atoms in total. The molecule has 33 heavy (non-hydrogen) atoms. The fourth-order valence-corrected chi connectivity index (χ4v) is 4.80. The highest BCUT2D eigenvalue weighted by atomic mass is 35.5. The van der Waals surface area contributed by atoms with Gasteiger partial charge in [0.15, 0.2) is 5.69 Å². The number of fused-ring (bicyclic) bond motifs is 2. The van der Waals surface area contributed by atoms with Gasteiger partial charge in [-0.2, -0.15) is 5.26 Å². The second-order valence-electron chi connectivity index (χ2n) is 8.35. The molecule has 1 amide bonds. The molecule has 0 N–H and O–H groups in total. The van der Waals surface area contributed by atoms with Crippen molar-refractivity contribution in [3.05, 3.63) is 86.9 Å². The maximum Gasteiger partial charge on any atom is 0.259 e. The van der Waals surface area contributed by atoms with Crippen molar-refractivity contribution in [1.82, 2.24) is 14.7 Å². The molecule has 0 atom stereocenters. The Morgan fingerprint density at radius 3 is 2.70 bits per heavy atom. The normalized spacial score (nSPS) is 17.9. The molecular formula is C25H21ClN6O. The molecule has 0 radical (unpaired) electrons. The van der Waals surface area contributed by atoms with Crippen molar-refractivity contribution < 1.29 is 4.79 Å². The van der Waals surface area contributed by atoms with Gasteiger partial charge >= 0.3 is 0 Å². The molecule has 0 aromatic heterocycles. The maximum absolute atomic E-state index is 13.6. The van der Waals surface area contributed by atoms with Gasteiger partial charge in [-0.25, -0.2) is 4.85 Å². The molecule has 2 aromatic carbocycles. The Labute approximate surface area is 197 Å². The van der Waals surface area contributed by atoms with Crippen molar-refractivity contribution in [2.24, 2.45) is 4.99 Å². The lowest BCUT2D eigenvalue weighted by Crippen LogP contribution is -2.53. The molecule has 0 aliphatic carbocycles. The van der Waals surface area contributed by atoms with E-state index in [1.54, 1.807) is 11.0 Å². The SMILES string of the molecule is [C-]#[N+]c1cc(C#N)cc(CN2CCC3=C(C2)C(=O)N(Cc2ccc(Cl)cc2)C2=NCCN23)c1. The Hall–Kier alpha value is -3.65. The molecule has 3 aliphatic heterocycles. The van der Waals surface area contributed by atoms with Crippen molar-refractivity contribution in [2.45, 2.75) is 19.5 Å². The smallest absolute Gasteiger partial charge is 0.259 e. The van der Waals surface area contributed by atoms with Crippen LogP contribution in [0.3, 0.4) is 0 Å². The summed E-state index contributed by atoms with van der Waals surface area (Å²) in [6, 6.07) is 14.9. The number of nitrogens with zero attached hydrogens (tertiary/aromatic N) is 6. The summed E-state index contributed by atoms with van der Waals surface area (Å²) >= 11 is 6.02. The number of guanidine groups is 1. The van der Waals surface area contributed by atoms with E-state index in [2.05, 4.69) is 25.7 Å². The van der Waals surface area contributed by atoms with Crippen molar-refractivity contribution in [1.29, 1.82) is 5.26 Å². The van der Waals surface area contributed by atoms with Crippen molar-refractivity contribution in [3.8, 4) is 6.07 Å². The first-order chi connectivity index (χ1) is 16.1. The fourth-order valence-electron chi connectivity index (χ4n) is 4.68. The van der Waals surface area contributed by atoms with Crippen LogP contribution in [-0.4, -0.2) is 52.7 Å². The molecule has 2 aromatic rings. The number of halogens is 1. The number of aliphatic imine (C=N–C) groups is 1. The average Bonchev–Trinajstić information content (AvgIpc) is 3.32. The van der Waals surface area contributed by atoms with Gasteiger partial charge in [0.2, 0.25) is 5.96 Å². The van der Waals surface area contributed by atoms with Crippen LogP contribution in [0.5, 0.6) is 0 Å². The highest BCUT2D eigenvalue weighted by Gasteiger charge is 2.40. The zero-order chi connectivity index (χ0) is 22.9. The molecule has 0 saturated heterocycles. The molecule has 5 rings (SSSR count). The highest BCUT2D eigenvalue weighted by molar-refractivity contribution is 6.30. The number of hydrogen-bond donors (Lipinski definition) is 0. The first-order valence-corrected chi connectivity index (χ1v) is 11.2. The molecule has 0 bridgehead atoms. The number of hydrogen-bond acceptors (Lipinski definition) is 5. The quantitative estimate of drug-likeness (QED) is 0.653. The predicted octanol–water partition coefficient (Wildman–Crippen LogP) is 3.94. The van der Waals surface area contributed by atoms with E-state index in [4.69, 9.17) is 18.2 Å². The number of carbonyl (C=O) groups is 1. The zero-order valence-corrected chi connectivity index (χ0v) is 18.7. The highest BCUT2D eigenvalue weighted by Crippen LogP contribution is 2.32. The minimum atomic E-state index is -0.00540. The number of nitriles is 1. The van der Waals surface area contributed by atoms with Crippen LogP contribution in [0, 0.1) is 17.9 Å². The Bertz CT molecular complexity index is 1240. The summed E-state index contributed by atoms with van der Waals surface area (Å²) in [4.78, 5) is 27.9. The first kappa shape index (κ1) is 21.2. The first-order valence-electron chi connectivity index (χ1n) is 10.8. The van der Waals surface area contributed by atoms with Crippen LogP contribution in [0.2, 0.25) is 5.02 Å². The second-order valence-corrected chi connectivity index (χ2v) is 8.79. The summed E-state index contributed by atoms with van der Waals surface area (Å²) in [7, 11) is 0. The fraction of sp³-hybridized carbons (Fsp3) is 0.280. The Morgan fingerprint density at radius 1 is 1.12 bits per heavy atom. The van der Waals surface area contributed by atoms with Gasteiger partial charge in [0, 0.05) is 48.9 Å². The van der Waals surface area contributed by atoms with Gasteiger partial charge in [-0.15, -0.1) is 0 Å². The standard InChI is InChI=1S/C25H21ClN6O/c1-28-21-11-18(13-27)10-19(12-21)14-30-8-6-23-22(16-30)24(33)32(25-29-7-9-31(23)25)15-17-2-4-20(26)5-3-17/h2-5,10-12H,6-9,14-16H2. The van der Waals surface area contributed by atoms with Crippen molar-refractivity contribution in [3.63, 3.8) is 0 Å². The Kier molecular flexibility index (Phi) is 5.60. The van der Waals surface area contributed by atoms with Gasteiger partial charge in [-0.1, -0.05) is 29.8 Å². The van der Waals surface area contributed by atoms with Crippen LogP contribution < -0.4 is 0 Å². The Balaban J connectivity index is 1.39. The van der Waals surface area contributed by atoms with Crippen LogP contribution in [0.4, 0.5) is 5.69 Å². The molecule has 8 heteroatoms. The number of carbonyl (C=O) groups excluding carboxylic acids is 1. The van der Waals surface area contributed by atoms with E-state index in [9.17, 15) is 10.1 Å². The molecule has 164 valence electrons. The second kappa shape index (κ2) is 8.71. The third-order valence-electron chi connectivity index (χ3n) is 6.18. The molecule has 3 aliphatic rings. The van der Waals surface area contributed by atoms with Crippen LogP contribution in [0.1, 0.15) is 23.1 Å². The predicted molar refractivity (Wildman–Crippen MR) is 125 cm³/mol. The minimum Gasteiger partial charge on any atom is -0.314 e. The van der Waals surface area contributed by atoms with Crippen LogP contribution in [0.25, 0.3) is 4.85 Å². The summed E-state index contributed by atoms with van der Waals surface area (Å²) in [5.74, 6) is 0.736. The van der Waals surface area contributed by atoms with E-state index in [0.717, 1.165) is 47.9 Å². The van der Waals surface area contributed by atoms with Crippen LogP contribution in [-0.2, 0) is 17.9 Å². The van der Waals surface area contributed by atoms with Gasteiger partial charge in [0.1, 0.15) is 0 Å². The zero-order valence-electron chi connectivity index (χ0n) is 18.0. The molecule has 0 unspecified atom stereocenters. The van der Waals surface area contributed by atoms with E-state index in [1.165, 1.54) is 0 Å². The summed E-state index contributed by atoms with van der Waals surface area (Å²) in [6.45, 7) is 11.1. The lowest BCUT2D eigenvalue weighted by molar-refractivity contribution is -0.125. The van der Waals surface area contributed by atoms with E-state index >= 15 is 0 Å². The van der Waals surface area contributed by atoms with Crippen molar-refractivity contribution in [2.75, 3.05) is 26.2 Å². The largest absolute Gasteiger partial charge is 0.314 e. The van der Waals surface area contributed by atoms with Gasteiger partial charge in [-0.3, -0.25) is 19.6 Å². The molecule has 0 fully saturated rings. The molecule has 0 saturated carbocycles. The van der Waals surface area contributed by atoms with Crippen LogP contribution in [0.15, 0.2) is 58.7 Å². The van der Waals surface area contributed by atoms with Gasteiger partial charge in [0.25, 0.3) is 5.91 Å². The number of rotatable bonds is 4. The van der Waals surface area contributed by atoms with Gasteiger partial charge < -0.3 is 4.90 Å². The Morgan fingerprint density at radius 2 is 1.94 bits per heavy atom. The molecular weight excluding hydrogens is 436 g/mol. The maximum atomic E-state index is 13.6.